The van der Waals surface area contributed by atoms with Gasteiger partial charge in [-0.05, 0) is 25.5 Å². The minimum absolute atomic E-state index is 0.0154. The maximum Gasteiger partial charge on any atom is 0.311 e. The largest absolute Gasteiger partial charge is 0.466 e. The van der Waals surface area contributed by atoms with Gasteiger partial charge >= 0.3 is 5.97 Å². The van der Waals surface area contributed by atoms with E-state index in [-0.39, 0.29) is 43.0 Å². The fourth-order valence-corrected chi connectivity index (χ4v) is 3.50. The van der Waals surface area contributed by atoms with E-state index < -0.39 is 6.04 Å². The smallest absolute Gasteiger partial charge is 0.311 e. The molecule has 29 heavy (non-hydrogen) atoms. The standard InChI is InChI=1S/C19H20N4O5S/c1-2-28-16(25)9-11-10-29-19(20-11)23-15(24)8-7-14-18(27)21-13-6-4-3-5-12(13)17(26)22-14/h3-6,10,14H,2,7-9H2,1H3,(H,21,27)(H,22,26)(H,20,23,24)/t14-/m0/s1. The van der Waals surface area contributed by atoms with Gasteiger partial charge in [0.25, 0.3) is 5.91 Å². The number of nitrogens with one attached hydrogen (secondary N) is 3. The zero-order valence-corrected chi connectivity index (χ0v) is 16.5. The number of amides is 3. The second-order valence-electron chi connectivity index (χ2n) is 6.27. The summed E-state index contributed by atoms with van der Waals surface area (Å²) in [5, 5.41) is 10.0. The van der Waals surface area contributed by atoms with Crippen LogP contribution in [0.3, 0.4) is 0 Å². The molecule has 0 fully saturated rings. The molecule has 10 heteroatoms. The van der Waals surface area contributed by atoms with Crippen LogP contribution in [0.2, 0.25) is 0 Å². The van der Waals surface area contributed by atoms with Crippen molar-refractivity contribution in [2.24, 2.45) is 0 Å². The van der Waals surface area contributed by atoms with Crippen molar-refractivity contribution in [2.45, 2.75) is 32.2 Å². The fraction of sp³-hybridized carbons (Fsp3) is 0.316. The number of carbonyl (C=O) groups excluding carboxylic acids is 4. The molecule has 1 aliphatic rings. The third kappa shape index (κ3) is 5.38. The predicted molar refractivity (Wildman–Crippen MR) is 107 cm³/mol. The van der Waals surface area contributed by atoms with Crippen molar-refractivity contribution in [1.82, 2.24) is 10.3 Å². The van der Waals surface area contributed by atoms with Crippen LogP contribution in [0.4, 0.5) is 10.8 Å². The lowest BCUT2D eigenvalue weighted by molar-refractivity contribution is -0.142. The molecule has 2 heterocycles. The SMILES string of the molecule is CCOC(=O)Cc1csc(NC(=O)CC[C@@H]2NC(=O)c3ccccc3NC2=O)n1. The molecule has 1 atom stereocenters. The molecule has 3 amide bonds. The van der Waals surface area contributed by atoms with Gasteiger partial charge < -0.3 is 20.7 Å². The first-order valence-electron chi connectivity index (χ1n) is 9.07. The molecule has 152 valence electrons. The summed E-state index contributed by atoms with van der Waals surface area (Å²) >= 11 is 1.20. The number of hydrogen-bond acceptors (Lipinski definition) is 7. The molecule has 0 aliphatic carbocycles. The third-order valence-corrected chi connectivity index (χ3v) is 4.95. The van der Waals surface area contributed by atoms with Crippen molar-refractivity contribution in [3.63, 3.8) is 0 Å². The van der Waals surface area contributed by atoms with Crippen LogP contribution < -0.4 is 16.0 Å². The van der Waals surface area contributed by atoms with Crippen molar-refractivity contribution in [3.05, 3.63) is 40.9 Å². The Balaban J connectivity index is 1.52. The maximum absolute atomic E-state index is 12.3. The van der Waals surface area contributed by atoms with Crippen molar-refractivity contribution < 1.29 is 23.9 Å². The van der Waals surface area contributed by atoms with Crippen LogP contribution in [0.1, 0.15) is 35.8 Å². The van der Waals surface area contributed by atoms with Gasteiger partial charge in [-0.15, -0.1) is 11.3 Å². The number of nitrogens with zero attached hydrogens (tertiary/aromatic N) is 1. The number of fused-ring (bicyclic) bond motifs is 1. The lowest BCUT2D eigenvalue weighted by atomic mass is 10.1. The molecule has 2 aromatic rings. The molecule has 1 aromatic heterocycles. The predicted octanol–water partition coefficient (Wildman–Crippen LogP) is 1.72. The van der Waals surface area contributed by atoms with E-state index in [0.717, 1.165) is 0 Å². The molecule has 9 nitrogen and oxygen atoms in total. The van der Waals surface area contributed by atoms with E-state index in [1.165, 1.54) is 11.3 Å². The number of hydrogen-bond donors (Lipinski definition) is 3. The molecule has 0 saturated carbocycles. The number of carbonyl (C=O) groups is 4. The van der Waals surface area contributed by atoms with Crippen molar-refractivity contribution >= 4 is 45.8 Å². The number of rotatable bonds is 7. The minimum atomic E-state index is -0.823. The molecule has 0 radical (unpaired) electrons. The van der Waals surface area contributed by atoms with Gasteiger partial charge in [-0.2, -0.15) is 0 Å². The van der Waals surface area contributed by atoms with Crippen molar-refractivity contribution in [1.29, 1.82) is 0 Å². The molecule has 0 saturated heterocycles. The number of ether oxygens (including phenoxy) is 1. The Bertz CT molecular complexity index is 942. The van der Waals surface area contributed by atoms with E-state index >= 15 is 0 Å². The van der Waals surface area contributed by atoms with Crippen LogP contribution in [0, 0.1) is 0 Å². The highest BCUT2D eigenvalue weighted by Gasteiger charge is 2.27. The molecule has 3 rings (SSSR count). The van der Waals surface area contributed by atoms with Gasteiger partial charge in [0.05, 0.1) is 30.0 Å². The fourth-order valence-electron chi connectivity index (χ4n) is 2.78. The summed E-state index contributed by atoms with van der Waals surface area (Å²) in [7, 11) is 0. The van der Waals surface area contributed by atoms with Gasteiger partial charge in [0.1, 0.15) is 6.04 Å². The van der Waals surface area contributed by atoms with Crippen LogP contribution >= 0.6 is 11.3 Å². The van der Waals surface area contributed by atoms with Crippen molar-refractivity contribution in [3.8, 4) is 0 Å². The normalized spacial score (nSPS) is 15.6. The summed E-state index contributed by atoms with van der Waals surface area (Å²) in [4.78, 5) is 52.5. The van der Waals surface area contributed by atoms with Gasteiger partial charge in [0.15, 0.2) is 5.13 Å². The van der Waals surface area contributed by atoms with Gasteiger partial charge in [-0.25, -0.2) is 4.98 Å². The average molecular weight is 416 g/mol. The Kier molecular flexibility index (Phi) is 6.55. The average Bonchev–Trinajstić information content (AvgIpc) is 3.06. The van der Waals surface area contributed by atoms with E-state index in [9.17, 15) is 19.2 Å². The monoisotopic (exact) mass is 416 g/mol. The molecule has 3 N–H and O–H groups in total. The molecule has 1 aliphatic heterocycles. The van der Waals surface area contributed by atoms with Gasteiger partial charge in [0, 0.05) is 11.8 Å². The number of anilines is 2. The first-order valence-corrected chi connectivity index (χ1v) is 9.95. The molecular formula is C19H20N4O5S. The Morgan fingerprint density at radius 3 is 2.86 bits per heavy atom. The van der Waals surface area contributed by atoms with E-state index in [0.29, 0.717) is 28.7 Å². The summed E-state index contributed by atoms with van der Waals surface area (Å²) in [6, 6.07) is 5.89. The summed E-state index contributed by atoms with van der Waals surface area (Å²) in [6.45, 7) is 2.02. The van der Waals surface area contributed by atoms with Crippen LogP contribution in [0.5, 0.6) is 0 Å². The highest BCUT2D eigenvalue weighted by molar-refractivity contribution is 7.13. The summed E-state index contributed by atoms with van der Waals surface area (Å²) < 4.78 is 4.86. The summed E-state index contributed by atoms with van der Waals surface area (Å²) in [5.41, 5.74) is 1.33. The molecular weight excluding hydrogens is 396 g/mol. The van der Waals surface area contributed by atoms with E-state index in [2.05, 4.69) is 20.9 Å². The summed E-state index contributed by atoms with van der Waals surface area (Å²) in [6.07, 6.45) is 0.189. The topological polar surface area (TPSA) is 126 Å². The molecule has 1 aromatic carbocycles. The molecule has 0 unspecified atom stereocenters. The highest BCUT2D eigenvalue weighted by Crippen LogP contribution is 2.20. The highest BCUT2D eigenvalue weighted by atomic mass is 32.1. The van der Waals surface area contributed by atoms with Crippen LogP contribution in [-0.2, 0) is 25.5 Å². The van der Waals surface area contributed by atoms with E-state index in [1.54, 1.807) is 36.6 Å². The second-order valence-corrected chi connectivity index (χ2v) is 7.13. The number of thiazole rings is 1. The van der Waals surface area contributed by atoms with Crippen LogP contribution in [0.15, 0.2) is 29.6 Å². The second kappa shape index (κ2) is 9.28. The minimum Gasteiger partial charge on any atom is -0.466 e. The van der Waals surface area contributed by atoms with Gasteiger partial charge in [0.2, 0.25) is 11.8 Å². The lowest BCUT2D eigenvalue weighted by Gasteiger charge is -2.13. The first kappa shape index (κ1) is 20.5. The van der Waals surface area contributed by atoms with E-state index in [4.69, 9.17) is 4.74 Å². The van der Waals surface area contributed by atoms with E-state index in [1.807, 2.05) is 0 Å². The Morgan fingerprint density at radius 1 is 1.28 bits per heavy atom. The first-order chi connectivity index (χ1) is 14.0. The third-order valence-electron chi connectivity index (χ3n) is 4.14. The number of para-hydroxylation sites is 1. The maximum atomic E-state index is 12.3. The Hall–Kier alpha value is -3.27. The molecule has 0 bridgehead atoms. The number of aromatic nitrogens is 1. The Morgan fingerprint density at radius 2 is 2.07 bits per heavy atom. The lowest BCUT2D eigenvalue weighted by Crippen LogP contribution is -2.41. The summed E-state index contributed by atoms with van der Waals surface area (Å²) in [5.74, 6) is -1.47. The van der Waals surface area contributed by atoms with Crippen LogP contribution in [0.25, 0.3) is 0 Å². The van der Waals surface area contributed by atoms with Gasteiger partial charge in [-0.3, -0.25) is 19.2 Å². The molecule has 0 spiro atoms. The quantitative estimate of drug-likeness (QED) is 0.590. The zero-order valence-electron chi connectivity index (χ0n) is 15.7. The number of benzene rings is 1. The van der Waals surface area contributed by atoms with Gasteiger partial charge in [-0.1, -0.05) is 12.1 Å². The number of esters is 1. The zero-order chi connectivity index (χ0) is 20.8. The Labute approximate surface area is 170 Å². The van der Waals surface area contributed by atoms with Crippen LogP contribution in [-0.4, -0.2) is 41.3 Å². The van der Waals surface area contributed by atoms with Crippen molar-refractivity contribution in [2.75, 3.05) is 17.2 Å².